The first-order chi connectivity index (χ1) is 8.16. The van der Waals surface area contributed by atoms with Gasteiger partial charge in [0.2, 0.25) is 0 Å². The molecule has 17 heavy (non-hydrogen) atoms. The highest BCUT2D eigenvalue weighted by molar-refractivity contribution is 6.33. The Morgan fingerprint density at radius 3 is 2.65 bits per heavy atom. The van der Waals surface area contributed by atoms with E-state index in [0.717, 1.165) is 28.5 Å². The van der Waals surface area contributed by atoms with E-state index in [-0.39, 0.29) is 5.38 Å². The minimum atomic E-state index is 0.285. The van der Waals surface area contributed by atoms with E-state index in [9.17, 15) is 0 Å². The predicted molar refractivity (Wildman–Crippen MR) is 76.4 cm³/mol. The molecule has 0 amide bonds. The second-order valence-corrected chi connectivity index (χ2v) is 6.26. The van der Waals surface area contributed by atoms with E-state index in [2.05, 4.69) is 0 Å². The molecule has 0 spiro atoms. The van der Waals surface area contributed by atoms with E-state index in [4.69, 9.17) is 34.8 Å². The molecule has 0 saturated heterocycles. The highest BCUT2D eigenvalue weighted by Crippen LogP contribution is 2.32. The second kappa shape index (κ2) is 6.31. The van der Waals surface area contributed by atoms with Crippen LogP contribution < -0.4 is 0 Å². The van der Waals surface area contributed by atoms with Crippen molar-refractivity contribution in [1.82, 2.24) is 0 Å². The molecule has 0 aliphatic heterocycles. The second-order valence-electron chi connectivity index (χ2n) is 4.85. The summed E-state index contributed by atoms with van der Waals surface area (Å²) in [7, 11) is 0. The summed E-state index contributed by atoms with van der Waals surface area (Å²) in [5, 5.41) is 1.85. The molecule has 1 aromatic rings. The highest BCUT2D eigenvalue weighted by atomic mass is 35.5. The van der Waals surface area contributed by atoms with Gasteiger partial charge < -0.3 is 0 Å². The quantitative estimate of drug-likeness (QED) is 0.482. The van der Waals surface area contributed by atoms with E-state index < -0.39 is 0 Å². The van der Waals surface area contributed by atoms with Crippen LogP contribution in [-0.2, 0) is 6.42 Å². The van der Waals surface area contributed by atoms with Crippen LogP contribution in [0.4, 0.5) is 0 Å². The summed E-state index contributed by atoms with van der Waals surface area (Å²) in [5.41, 5.74) is 1.14. The lowest BCUT2D eigenvalue weighted by atomic mass is 9.92. The van der Waals surface area contributed by atoms with Gasteiger partial charge in [-0.25, -0.2) is 0 Å². The summed E-state index contributed by atoms with van der Waals surface area (Å²) in [6, 6.07) is 5.68. The zero-order valence-corrected chi connectivity index (χ0v) is 12.0. The molecule has 0 nitrogen and oxygen atoms in total. The van der Waals surface area contributed by atoms with Crippen LogP contribution in [0.5, 0.6) is 0 Å². The van der Waals surface area contributed by atoms with Crippen LogP contribution in [0.1, 0.15) is 37.7 Å². The maximum Gasteiger partial charge on any atom is 0.0439 e. The lowest BCUT2D eigenvalue weighted by molar-refractivity contribution is 0.465. The maximum absolute atomic E-state index is 6.45. The zero-order valence-electron chi connectivity index (χ0n) is 9.76. The van der Waals surface area contributed by atoms with Gasteiger partial charge in [-0.2, -0.15) is 0 Å². The number of alkyl halides is 1. The molecule has 0 radical (unpaired) electrons. The molecule has 94 valence electrons. The number of benzene rings is 1. The van der Waals surface area contributed by atoms with Gasteiger partial charge in [0.05, 0.1) is 0 Å². The molecule has 1 aliphatic carbocycles. The van der Waals surface area contributed by atoms with Crippen molar-refractivity contribution in [2.45, 2.75) is 43.9 Å². The smallest absolute Gasteiger partial charge is 0.0439 e. The summed E-state index contributed by atoms with van der Waals surface area (Å²) in [6.07, 6.45) is 7.14. The number of hydrogen-bond donors (Lipinski definition) is 0. The molecule has 0 N–H and O–H groups in total. The van der Waals surface area contributed by atoms with Gasteiger partial charge in [-0.1, -0.05) is 42.5 Å². The van der Waals surface area contributed by atoms with E-state index in [1.807, 2.05) is 18.2 Å². The summed E-state index contributed by atoms with van der Waals surface area (Å²) in [6.45, 7) is 0. The van der Waals surface area contributed by atoms with Crippen molar-refractivity contribution in [2.24, 2.45) is 5.92 Å². The Hall–Kier alpha value is 0.0900. The fraction of sp³-hybridized carbons (Fsp3) is 0.571. The van der Waals surface area contributed by atoms with E-state index >= 15 is 0 Å². The Bertz CT molecular complexity index is 376. The molecule has 2 rings (SSSR count). The van der Waals surface area contributed by atoms with Gasteiger partial charge in [-0.3, -0.25) is 0 Å². The molecule has 1 aromatic carbocycles. The average molecular weight is 292 g/mol. The average Bonchev–Trinajstić information content (AvgIpc) is 2.50. The topological polar surface area (TPSA) is 0 Å². The normalized spacial score (nSPS) is 25.6. The molecule has 0 aromatic heterocycles. The summed E-state index contributed by atoms with van der Waals surface area (Å²) in [4.78, 5) is 0. The van der Waals surface area contributed by atoms with E-state index in [1.54, 1.807) is 0 Å². The maximum atomic E-state index is 6.45. The van der Waals surface area contributed by atoms with Gasteiger partial charge in [0.1, 0.15) is 0 Å². The van der Waals surface area contributed by atoms with Crippen LogP contribution in [0.15, 0.2) is 18.2 Å². The van der Waals surface area contributed by atoms with Crippen molar-refractivity contribution in [2.75, 3.05) is 0 Å². The van der Waals surface area contributed by atoms with Crippen LogP contribution in [0.25, 0.3) is 0 Å². The highest BCUT2D eigenvalue weighted by Gasteiger charge is 2.22. The fourth-order valence-electron chi connectivity index (χ4n) is 2.55. The Morgan fingerprint density at radius 1 is 1.06 bits per heavy atom. The third kappa shape index (κ3) is 3.77. The first-order valence-electron chi connectivity index (χ1n) is 6.25. The Kier molecular flexibility index (Phi) is 5.02. The first-order valence-corrected chi connectivity index (χ1v) is 7.44. The van der Waals surface area contributed by atoms with E-state index in [1.165, 1.54) is 25.7 Å². The van der Waals surface area contributed by atoms with Crippen LogP contribution in [0.3, 0.4) is 0 Å². The van der Waals surface area contributed by atoms with Crippen molar-refractivity contribution in [3.05, 3.63) is 33.8 Å². The van der Waals surface area contributed by atoms with Crippen LogP contribution in [0.2, 0.25) is 10.0 Å². The van der Waals surface area contributed by atoms with Crippen LogP contribution in [-0.4, -0.2) is 5.38 Å². The van der Waals surface area contributed by atoms with Crippen molar-refractivity contribution >= 4 is 34.8 Å². The fourth-order valence-corrected chi connectivity index (χ4v) is 3.31. The zero-order chi connectivity index (χ0) is 12.3. The minimum Gasteiger partial charge on any atom is -0.123 e. The summed E-state index contributed by atoms with van der Waals surface area (Å²) >= 11 is 18.7. The third-order valence-corrected chi connectivity index (χ3v) is 4.73. The molecule has 1 saturated carbocycles. The van der Waals surface area contributed by atoms with Crippen molar-refractivity contribution in [3.8, 4) is 0 Å². The van der Waals surface area contributed by atoms with Gasteiger partial charge in [0.15, 0.2) is 0 Å². The number of halogens is 3. The van der Waals surface area contributed by atoms with Gasteiger partial charge >= 0.3 is 0 Å². The minimum absolute atomic E-state index is 0.285. The van der Waals surface area contributed by atoms with Crippen molar-refractivity contribution in [1.29, 1.82) is 0 Å². The number of rotatable bonds is 2. The molecular formula is C14H17Cl3. The van der Waals surface area contributed by atoms with Crippen molar-refractivity contribution in [3.63, 3.8) is 0 Å². The largest absolute Gasteiger partial charge is 0.123 e. The predicted octanol–water partition coefficient (Wildman–Crippen LogP) is 5.72. The summed E-state index contributed by atoms with van der Waals surface area (Å²) < 4.78 is 0. The molecule has 0 bridgehead atoms. The third-order valence-electron chi connectivity index (χ3n) is 3.56. The Morgan fingerprint density at radius 2 is 1.82 bits per heavy atom. The van der Waals surface area contributed by atoms with Gasteiger partial charge in [0.25, 0.3) is 0 Å². The van der Waals surface area contributed by atoms with Gasteiger partial charge in [-0.05, 0) is 48.9 Å². The standard InChI is InChI=1S/C14H17Cl3/c15-12-6-7-14(17)11(9-12)8-10-4-2-1-3-5-13(10)16/h6-7,9-10,13H,1-5,8H2. The lowest BCUT2D eigenvalue weighted by Gasteiger charge is -2.20. The summed E-state index contributed by atoms with van der Waals surface area (Å²) in [5.74, 6) is 0.537. The lowest BCUT2D eigenvalue weighted by Crippen LogP contribution is -2.16. The Balaban J connectivity index is 2.10. The van der Waals surface area contributed by atoms with Crippen LogP contribution in [0, 0.1) is 5.92 Å². The first kappa shape index (κ1) is 13.5. The SMILES string of the molecule is Clc1ccc(Cl)c(CC2CCCCCC2Cl)c1. The van der Waals surface area contributed by atoms with Gasteiger partial charge in [-0.15, -0.1) is 11.6 Å². The molecule has 3 heteroatoms. The molecule has 2 atom stereocenters. The molecule has 2 unspecified atom stereocenters. The monoisotopic (exact) mass is 290 g/mol. The molecule has 1 fully saturated rings. The molecular weight excluding hydrogens is 275 g/mol. The number of hydrogen-bond acceptors (Lipinski definition) is 0. The van der Waals surface area contributed by atoms with Gasteiger partial charge in [0, 0.05) is 15.4 Å². The van der Waals surface area contributed by atoms with Crippen molar-refractivity contribution < 1.29 is 0 Å². The van der Waals surface area contributed by atoms with E-state index in [0.29, 0.717) is 5.92 Å². The molecule has 0 heterocycles. The molecule has 1 aliphatic rings. The Labute approximate surface area is 118 Å². The van der Waals surface area contributed by atoms with Crippen LogP contribution >= 0.6 is 34.8 Å².